The predicted octanol–water partition coefficient (Wildman–Crippen LogP) is 2.42. The minimum Gasteiger partial charge on any atom is -0.497 e. The van der Waals surface area contributed by atoms with Gasteiger partial charge in [0, 0.05) is 14.1 Å². The molecule has 0 saturated heterocycles. The second kappa shape index (κ2) is 7.35. The van der Waals surface area contributed by atoms with Crippen LogP contribution in [0.3, 0.4) is 0 Å². The van der Waals surface area contributed by atoms with Crippen molar-refractivity contribution < 1.29 is 13.9 Å². The van der Waals surface area contributed by atoms with Crippen LogP contribution in [-0.4, -0.2) is 42.4 Å². The number of hydrogen-bond acceptors (Lipinski definition) is 5. The average Bonchev–Trinajstić information content (AvgIpc) is 2.53. The SMILES string of the molecule is COc1ccc(COc2ncc(F)c(/N=C/N(C)C)n2)cc1. The minimum absolute atomic E-state index is 0.0616. The lowest BCUT2D eigenvalue weighted by Crippen LogP contribution is -2.07. The third-order valence-electron chi connectivity index (χ3n) is 2.64. The Balaban J connectivity index is 2.04. The number of aliphatic imine (C=N–C) groups is 1. The van der Waals surface area contributed by atoms with E-state index in [1.54, 1.807) is 26.1 Å². The van der Waals surface area contributed by atoms with E-state index in [9.17, 15) is 4.39 Å². The fraction of sp³-hybridized carbons (Fsp3) is 0.267. The molecule has 0 aliphatic carbocycles. The quantitative estimate of drug-likeness (QED) is 0.606. The number of nitrogens with zero attached hydrogens (tertiary/aromatic N) is 4. The fourth-order valence-corrected chi connectivity index (χ4v) is 1.54. The summed E-state index contributed by atoms with van der Waals surface area (Å²) in [5.41, 5.74) is 0.923. The molecule has 0 fully saturated rings. The molecule has 0 unspecified atom stereocenters. The van der Waals surface area contributed by atoms with Gasteiger partial charge in [-0.25, -0.2) is 14.4 Å². The van der Waals surface area contributed by atoms with Crippen molar-refractivity contribution in [3.05, 3.63) is 41.8 Å². The first-order chi connectivity index (χ1) is 10.6. The van der Waals surface area contributed by atoms with Crippen molar-refractivity contribution in [2.45, 2.75) is 6.61 Å². The lowest BCUT2D eigenvalue weighted by molar-refractivity contribution is 0.279. The fourth-order valence-electron chi connectivity index (χ4n) is 1.54. The van der Waals surface area contributed by atoms with Gasteiger partial charge in [-0.3, -0.25) is 0 Å². The number of halogens is 1. The number of methoxy groups -OCH3 is 1. The van der Waals surface area contributed by atoms with Crippen LogP contribution < -0.4 is 9.47 Å². The van der Waals surface area contributed by atoms with Crippen LogP contribution in [0, 0.1) is 5.82 Å². The van der Waals surface area contributed by atoms with Gasteiger partial charge < -0.3 is 14.4 Å². The number of aromatic nitrogens is 2. The number of ether oxygens (including phenoxy) is 2. The summed E-state index contributed by atoms with van der Waals surface area (Å²) in [5, 5.41) is 0. The van der Waals surface area contributed by atoms with Gasteiger partial charge in [0.05, 0.1) is 19.6 Å². The van der Waals surface area contributed by atoms with Gasteiger partial charge in [-0.05, 0) is 17.7 Å². The van der Waals surface area contributed by atoms with Gasteiger partial charge in [0.2, 0.25) is 0 Å². The molecule has 22 heavy (non-hydrogen) atoms. The average molecular weight is 304 g/mol. The van der Waals surface area contributed by atoms with E-state index in [-0.39, 0.29) is 18.4 Å². The first-order valence-electron chi connectivity index (χ1n) is 6.57. The molecule has 0 atom stereocenters. The topological polar surface area (TPSA) is 59.8 Å². The Labute approximate surface area is 128 Å². The molecule has 6 nitrogen and oxygen atoms in total. The van der Waals surface area contributed by atoms with Gasteiger partial charge in [0.25, 0.3) is 0 Å². The maximum atomic E-state index is 13.5. The zero-order valence-corrected chi connectivity index (χ0v) is 12.7. The molecule has 0 amide bonds. The molecule has 0 aliphatic heterocycles. The maximum absolute atomic E-state index is 13.5. The van der Waals surface area contributed by atoms with Crippen molar-refractivity contribution in [2.24, 2.45) is 4.99 Å². The maximum Gasteiger partial charge on any atom is 0.318 e. The standard InChI is InChI=1S/C15H17FN4O2/c1-20(2)10-18-14-13(16)8-17-15(19-14)22-9-11-4-6-12(21-3)7-5-11/h4-8,10H,9H2,1-3H3/b18-10+. The molecule has 1 heterocycles. The van der Waals surface area contributed by atoms with E-state index in [0.717, 1.165) is 17.5 Å². The minimum atomic E-state index is -0.602. The van der Waals surface area contributed by atoms with Crippen molar-refractivity contribution in [3.63, 3.8) is 0 Å². The van der Waals surface area contributed by atoms with E-state index in [2.05, 4.69) is 15.0 Å². The Morgan fingerprint density at radius 3 is 2.64 bits per heavy atom. The van der Waals surface area contributed by atoms with Crippen LogP contribution in [0.15, 0.2) is 35.5 Å². The molecule has 2 aromatic rings. The third kappa shape index (κ3) is 4.41. The first kappa shape index (κ1) is 15.7. The van der Waals surface area contributed by atoms with Crippen LogP contribution in [0.2, 0.25) is 0 Å². The molecule has 1 aromatic heterocycles. The molecular formula is C15H17FN4O2. The molecule has 0 saturated carbocycles. The molecule has 116 valence electrons. The molecule has 2 rings (SSSR count). The summed E-state index contributed by atoms with van der Waals surface area (Å²) >= 11 is 0. The molecule has 0 radical (unpaired) electrons. The summed E-state index contributed by atoms with van der Waals surface area (Å²) in [6.07, 6.45) is 2.50. The van der Waals surface area contributed by atoms with Crippen LogP contribution in [0.1, 0.15) is 5.56 Å². The van der Waals surface area contributed by atoms with Crippen LogP contribution in [0.5, 0.6) is 11.8 Å². The van der Waals surface area contributed by atoms with Gasteiger partial charge in [0.15, 0.2) is 11.6 Å². The van der Waals surface area contributed by atoms with Crippen LogP contribution >= 0.6 is 0 Å². The van der Waals surface area contributed by atoms with E-state index < -0.39 is 5.82 Å². The summed E-state index contributed by atoms with van der Waals surface area (Å²) in [6.45, 7) is 0.270. The van der Waals surface area contributed by atoms with Gasteiger partial charge in [-0.1, -0.05) is 12.1 Å². The third-order valence-corrected chi connectivity index (χ3v) is 2.64. The van der Waals surface area contributed by atoms with Gasteiger partial charge in [0.1, 0.15) is 12.4 Å². The molecular weight excluding hydrogens is 287 g/mol. The van der Waals surface area contributed by atoms with Crippen LogP contribution in [0.25, 0.3) is 0 Å². The monoisotopic (exact) mass is 304 g/mol. The Hall–Kier alpha value is -2.70. The van der Waals surface area contributed by atoms with Crippen LogP contribution in [-0.2, 0) is 6.61 Å². The number of hydrogen-bond donors (Lipinski definition) is 0. The Morgan fingerprint density at radius 1 is 1.27 bits per heavy atom. The predicted molar refractivity (Wildman–Crippen MR) is 81.2 cm³/mol. The smallest absolute Gasteiger partial charge is 0.318 e. The largest absolute Gasteiger partial charge is 0.497 e. The molecule has 0 bridgehead atoms. The molecule has 0 N–H and O–H groups in total. The van der Waals surface area contributed by atoms with Crippen molar-refractivity contribution >= 4 is 12.2 Å². The Kier molecular flexibility index (Phi) is 5.24. The highest BCUT2D eigenvalue weighted by atomic mass is 19.1. The summed E-state index contributed by atoms with van der Waals surface area (Å²) in [4.78, 5) is 13.3. The first-order valence-corrected chi connectivity index (χ1v) is 6.57. The van der Waals surface area contributed by atoms with Crippen molar-refractivity contribution in [1.82, 2.24) is 14.9 Å². The Morgan fingerprint density at radius 2 is 2.00 bits per heavy atom. The van der Waals surface area contributed by atoms with Gasteiger partial charge in [-0.2, -0.15) is 4.98 Å². The molecule has 7 heteroatoms. The Bertz CT molecular complexity index is 644. The normalized spacial score (nSPS) is 10.7. The number of benzene rings is 1. The lowest BCUT2D eigenvalue weighted by Gasteiger charge is -2.07. The second-order valence-corrected chi connectivity index (χ2v) is 4.67. The summed E-state index contributed by atoms with van der Waals surface area (Å²) in [7, 11) is 5.17. The molecule has 1 aromatic carbocycles. The van der Waals surface area contributed by atoms with E-state index >= 15 is 0 Å². The van der Waals surface area contributed by atoms with E-state index in [1.807, 2.05) is 24.3 Å². The highest BCUT2D eigenvalue weighted by molar-refractivity contribution is 5.59. The zero-order chi connectivity index (χ0) is 15.9. The molecule has 0 aliphatic rings. The van der Waals surface area contributed by atoms with Gasteiger partial charge in [-0.15, -0.1) is 0 Å². The van der Waals surface area contributed by atoms with E-state index in [0.29, 0.717) is 0 Å². The summed E-state index contributed by atoms with van der Waals surface area (Å²) < 4.78 is 24.1. The lowest BCUT2D eigenvalue weighted by atomic mass is 10.2. The van der Waals surface area contributed by atoms with E-state index in [1.165, 1.54) is 6.34 Å². The zero-order valence-electron chi connectivity index (χ0n) is 12.7. The highest BCUT2D eigenvalue weighted by Crippen LogP contribution is 2.17. The van der Waals surface area contributed by atoms with Crippen molar-refractivity contribution in [1.29, 1.82) is 0 Å². The summed E-state index contributed by atoms with van der Waals surface area (Å²) in [6, 6.07) is 7.47. The van der Waals surface area contributed by atoms with Gasteiger partial charge >= 0.3 is 6.01 Å². The van der Waals surface area contributed by atoms with E-state index in [4.69, 9.17) is 9.47 Å². The highest BCUT2D eigenvalue weighted by Gasteiger charge is 2.07. The number of rotatable bonds is 6. The van der Waals surface area contributed by atoms with Crippen LogP contribution in [0.4, 0.5) is 10.2 Å². The second-order valence-electron chi connectivity index (χ2n) is 4.67. The molecule has 0 spiro atoms. The summed E-state index contributed by atoms with van der Waals surface area (Å²) in [5.74, 6) is 0.102. The van der Waals surface area contributed by atoms with Crippen molar-refractivity contribution in [2.75, 3.05) is 21.2 Å². The van der Waals surface area contributed by atoms with Crippen molar-refractivity contribution in [3.8, 4) is 11.8 Å².